The molecule has 0 rings (SSSR count). The summed E-state index contributed by atoms with van der Waals surface area (Å²) in [5, 5.41) is 0. The first-order chi connectivity index (χ1) is 5.20. The predicted molar refractivity (Wildman–Crippen MR) is 50.1 cm³/mol. The third-order valence-corrected chi connectivity index (χ3v) is 1.62. The number of hydrogen-bond donors (Lipinski definition) is 2. The third kappa shape index (κ3) is 6.07. The molecule has 0 spiro atoms. The Labute approximate surface area is 69.8 Å². The highest BCUT2D eigenvalue weighted by Gasteiger charge is 1.99. The zero-order chi connectivity index (χ0) is 8.69. The van der Waals surface area contributed by atoms with Crippen molar-refractivity contribution < 1.29 is 0 Å². The van der Waals surface area contributed by atoms with Gasteiger partial charge in [-0.1, -0.05) is 31.4 Å². The lowest BCUT2D eigenvalue weighted by Gasteiger charge is -2.10. The van der Waals surface area contributed by atoms with Crippen molar-refractivity contribution in [3.8, 4) is 0 Å². The Balaban J connectivity index is 3.67. The highest BCUT2D eigenvalue weighted by atomic mass is 15.2. The first-order valence-corrected chi connectivity index (χ1v) is 4.31. The van der Waals surface area contributed by atoms with Gasteiger partial charge in [0.25, 0.3) is 0 Å². The zero-order valence-electron chi connectivity index (χ0n) is 7.85. The van der Waals surface area contributed by atoms with Crippen LogP contribution in [0.2, 0.25) is 0 Å². The molecule has 2 heteroatoms. The number of nitrogens with one attached hydrogen (secondary N) is 1. The second-order valence-corrected chi connectivity index (χ2v) is 3.16. The lowest BCUT2D eigenvalue weighted by molar-refractivity contribution is 0.547. The van der Waals surface area contributed by atoms with Gasteiger partial charge in [0.05, 0.1) is 0 Å². The van der Waals surface area contributed by atoms with Gasteiger partial charge < -0.3 is 0 Å². The lowest BCUT2D eigenvalue weighted by atomic mass is 10.1. The fourth-order valence-electron chi connectivity index (χ4n) is 1.04. The fraction of sp³-hybridized carbons (Fsp3) is 0.778. The quantitative estimate of drug-likeness (QED) is 0.363. The van der Waals surface area contributed by atoms with Crippen LogP contribution >= 0.6 is 0 Å². The molecule has 66 valence electrons. The van der Waals surface area contributed by atoms with Crippen molar-refractivity contribution in [2.75, 3.05) is 0 Å². The Hall–Kier alpha value is -0.340. The van der Waals surface area contributed by atoms with Crippen LogP contribution in [-0.4, -0.2) is 6.04 Å². The van der Waals surface area contributed by atoms with E-state index >= 15 is 0 Å². The van der Waals surface area contributed by atoms with Crippen LogP contribution in [0.3, 0.4) is 0 Å². The molecule has 0 aliphatic carbocycles. The highest BCUT2D eigenvalue weighted by molar-refractivity contribution is 5.00. The van der Waals surface area contributed by atoms with Crippen LogP contribution in [0.4, 0.5) is 0 Å². The molecule has 0 aromatic rings. The summed E-state index contributed by atoms with van der Waals surface area (Å²) in [6, 6.07) is 0.361. The number of nitrogens with two attached hydrogens (primary N) is 1. The van der Waals surface area contributed by atoms with Crippen molar-refractivity contribution in [1.29, 1.82) is 0 Å². The molecule has 1 atom stereocenters. The standard InChI is InChI=1S/C9H20N2/c1-4-5-6-9(11-10)7-8(2)3/h7,9,11H,4-6,10H2,1-3H3. The lowest BCUT2D eigenvalue weighted by Crippen LogP contribution is -2.33. The van der Waals surface area contributed by atoms with E-state index in [1.165, 1.54) is 18.4 Å². The number of hydrazine groups is 1. The summed E-state index contributed by atoms with van der Waals surface area (Å²) in [4.78, 5) is 0. The minimum Gasteiger partial charge on any atom is -0.271 e. The molecule has 0 amide bonds. The monoisotopic (exact) mass is 156 g/mol. The van der Waals surface area contributed by atoms with Gasteiger partial charge in [0, 0.05) is 6.04 Å². The first kappa shape index (κ1) is 10.7. The van der Waals surface area contributed by atoms with Gasteiger partial charge in [-0.05, 0) is 20.3 Å². The molecule has 0 saturated heterocycles. The molecule has 0 bridgehead atoms. The van der Waals surface area contributed by atoms with Crippen molar-refractivity contribution in [3.05, 3.63) is 11.6 Å². The average molecular weight is 156 g/mol. The molecule has 0 saturated carbocycles. The van der Waals surface area contributed by atoms with Gasteiger partial charge in [-0.2, -0.15) is 0 Å². The molecule has 0 aromatic heterocycles. The van der Waals surface area contributed by atoms with E-state index in [4.69, 9.17) is 5.84 Å². The van der Waals surface area contributed by atoms with Crippen LogP contribution in [0.5, 0.6) is 0 Å². The maximum atomic E-state index is 5.37. The summed E-state index contributed by atoms with van der Waals surface area (Å²) in [7, 11) is 0. The van der Waals surface area contributed by atoms with E-state index in [2.05, 4.69) is 32.3 Å². The van der Waals surface area contributed by atoms with E-state index in [0.29, 0.717) is 6.04 Å². The maximum absolute atomic E-state index is 5.37. The summed E-state index contributed by atoms with van der Waals surface area (Å²) >= 11 is 0. The van der Waals surface area contributed by atoms with Crippen molar-refractivity contribution >= 4 is 0 Å². The van der Waals surface area contributed by atoms with Crippen molar-refractivity contribution in [1.82, 2.24) is 5.43 Å². The van der Waals surface area contributed by atoms with Crippen LogP contribution < -0.4 is 11.3 Å². The molecular weight excluding hydrogens is 136 g/mol. The summed E-state index contributed by atoms with van der Waals surface area (Å²) in [6.45, 7) is 6.38. The SMILES string of the molecule is CCCCC(C=C(C)C)NN. The Morgan fingerprint density at radius 3 is 2.55 bits per heavy atom. The van der Waals surface area contributed by atoms with Crippen LogP contribution in [-0.2, 0) is 0 Å². The van der Waals surface area contributed by atoms with Gasteiger partial charge in [-0.25, -0.2) is 0 Å². The van der Waals surface area contributed by atoms with Gasteiger partial charge in [-0.15, -0.1) is 0 Å². The molecule has 0 heterocycles. The fourth-order valence-corrected chi connectivity index (χ4v) is 1.04. The summed E-state index contributed by atoms with van der Waals surface area (Å²) in [5.74, 6) is 5.37. The van der Waals surface area contributed by atoms with Gasteiger partial charge in [0.2, 0.25) is 0 Å². The van der Waals surface area contributed by atoms with Crippen LogP contribution in [0.15, 0.2) is 11.6 Å². The van der Waals surface area contributed by atoms with Gasteiger partial charge in [0.15, 0.2) is 0 Å². The van der Waals surface area contributed by atoms with Crippen LogP contribution in [0.25, 0.3) is 0 Å². The van der Waals surface area contributed by atoms with E-state index in [1.807, 2.05) is 0 Å². The Morgan fingerprint density at radius 2 is 2.18 bits per heavy atom. The summed E-state index contributed by atoms with van der Waals surface area (Å²) in [6.07, 6.45) is 5.78. The first-order valence-electron chi connectivity index (χ1n) is 4.31. The average Bonchev–Trinajstić information content (AvgIpc) is 1.97. The minimum atomic E-state index is 0.361. The van der Waals surface area contributed by atoms with Crippen molar-refractivity contribution in [3.63, 3.8) is 0 Å². The van der Waals surface area contributed by atoms with Gasteiger partial charge in [-0.3, -0.25) is 11.3 Å². The van der Waals surface area contributed by atoms with E-state index in [0.717, 1.165) is 6.42 Å². The van der Waals surface area contributed by atoms with E-state index < -0.39 is 0 Å². The topological polar surface area (TPSA) is 38.0 Å². The summed E-state index contributed by atoms with van der Waals surface area (Å²) in [5.41, 5.74) is 4.12. The van der Waals surface area contributed by atoms with Crippen molar-refractivity contribution in [2.24, 2.45) is 5.84 Å². The van der Waals surface area contributed by atoms with Crippen molar-refractivity contribution in [2.45, 2.75) is 46.1 Å². The van der Waals surface area contributed by atoms with Crippen LogP contribution in [0, 0.1) is 0 Å². The molecule has 1 unspecified atom stereocenters. The maximum Gasteiger partial charge on any atom is 0.0392 e. The van der Waals surface area contributed by atoms with Gasteiger partial charge in [0.1, 0.15) is 0 Å². The molecule has 0 aromatic carbocycles. The second-order valence-electron chi connectivity index (χ2n) is 3.16. The van der Waals surface area contributed by atoms with E-state index in [9.17, 15) is 0 Å². The zero-order valence-corrected chi connectivity index (χ0v) is 7.85. The van der Waals surface area contributed by atoms with E-state index in [-0.39, 0.29) is 0 Å². The highest BCUT2D eigenvalue weighted by Crippen LogP contribution is 2.03. The molecule has 0 aliphatic rings. The summed E-state index contributed by atoms with van der Waals surface area (Å²) < 4.78 is 0. The van der Waals surface area contributed by atoms with Crippen LogP contribution in [0.1, 0.15) is 40.0 Å². The van der Waals surface area contributed by atoms with E-state index in [1.54, 1.807) is 0 Å². The Morgan fingerprint density at radius 1 is 1.55 bits per heavy atom. The number of unbranched alkanes of at least 4 members (excludes halogenated alkanes) is 1. The normalized spacial score (nSPS) is 12.7. The predicted octanol–water partition coefficient (Wildman–Crippen LogP) is 1.97. The third-order valence-electron chi connectivity index (χ3n) is 1.62. The smallest absolute Gasteiger partial charge is 0.0392 e. The Kier molecular flexibility index (Phi) is 6.18. The van der Waals surface area contributed by atoms with Gasteiger partial charge >= 0.3 is 0 Å². The molecule has 3 N–H and O–H groups in total. The Bertz CT molecular complexity index is 115. The molecule has 0 aliphatic heterocycles. The second kappa shape index (κ2) is 6.38. The number of rotatable bonds is 5. The molecular formula is C9H20N2. The molecule has 0 radical (unpaired) electrons. The minimum absolute atomic E-state index is 0.361. The molecule has 11 heavy (non-hydrogen) atoms. The number of hydrogen-bond acceptors (Lipinski definition) is 2. The largest absolute Gasteiger partial charge is 0.271 e. The molecule has 0 fully saturated rings. The number of allylic oxidation sites excluding steroid dienone is 1. The molecule has 2 nitrogen and oxygen atoms in total.